The van der Waals surface area contributed by atoms with Crippen molar-refractivity contribution in [3.63, 3.8) is 0 Å². The largest absolute Gasteiger partial charge is 0.338 e. The van der Waals surface area contributed by atoms with Crippen molar-refractivity contribution in [2.45, 2.75) is 26.7 Å². The number of rotatable bonds is 4. The van der Waals surface area contributed by atoms with Crippen LogP contribution in [0.3, 0.4) is 0 Å². The monoisotopic (exact) mass is 397 g/mol. The van der Waals surface area contributed by atoms with Gasteiger partial charge in [-0.2, -0.15) is 0 Å². The molecule has 0 aromatic heterocycles. The first-order valence-corrected chi connectivity index (χ1v) is 9.57. The van der Waals surface area contributed by atoms with E-state index in [0.717, 1.165) is 5.56 Å². The molecule has 6 nitrogen and oxygen atoms in total. The number of hydrogen-bond acceptors (Lipinski definition) is 3. The number of piperidine rings is 1. The fourth-order valence-electron chi connectivity index (χ4n) is 3.39. The number of aryl methyl sites for hydroxylation is 1. The average Bonchev–Trinajstić information content (AvgIpc) is 2.70. The summed E-state index contributed by atoms with van der Waals surface area (Å²) < 4.78 is 14.1. The maximum atomic E-state index is 14.1. The van der Waals surface area contributed by atoms with E-state index < -0.39 is 11.7 Å². The van der Waals surface area contributed by atoms with Crippen LogP contribution in [0.5, 0.6) is 0 Å². The summed E-state index contributed by atoms with van der Waals surface area (Å²) in [7, 11) is 0. The molecule has 2 N–H and O–H groups in total. The van der Waals surface area contributed by atoms with Gasteiger partial charge in [0.15, 0.2) is 0 Å². The molecule has 7 heteroatoms. The Morgan fingerprint density at radius 3 is 2.48 bits per heavy atom. The molecular weight excluding hydrogens is 373 g/mol. The lowest BCUT2D eigenvalue weighted by atomic mass is 9.96. The number of nitrogens with one attached hydrogen (secondary N) is 2. The number of carbonyl (C=O) groups excluding carboxylic acids is 3. The molecule has 0 saturated carbocycles. The SMILES string of the molecule is CC(=O)Nc1ccc(F)c(NC(=O)C2CCCN(C(=O)c3ccc(C)cc3)C2)c1. The lowest BCUT2D eigenvalue weighted by Gasteiger charge is -2.32. The van der Waals surface area contributed by atoms with Crippen molar-refractivity contribution in [2.24, 2.45) is 5.92 Å². The van der Waals surface area contributed by atoms with Gasteiger partial charge in [-0.05, 0) is 50.1 Å². The second-order valence-electron chi connectivity index (χ2n) is 7.32. The summed E-state index contributed by atoms with van der Waals surface area (Å²) in [6.07, 6.45) is 1.32. The van der Waals surface area contributed by atoms with E-state index in [9.17, 15) is 18.8 Å². The van der Waals surface area contributed by atoms with Crippen LogP contribution in [-0.4, -0.2) is 35.7 Å². The van der Waals surface area contributed by atoms with Gasteiger partial charge < -0.3 is 15.5 Å². The maximum Gasteiger partial charge on any atom is 0.253 e. The van der Waals surface area contributed by atoms with E-state index in [1.54, 1.807) is 17.0 Å². The average molecular weight is 397 g/mol. The summed E-state index contributed by atoms with van der Waals surface area (Å²) in [6, 6.07) is 11.3. The minimum atomic E-state index is -0.587. The smallest absolute Gasteiger partial charge is 0.253 e. The first kappa shape index (κ1) is 20.5. The van der Waals surface area contributed by atoms with Crippen LogP contribution in [0.2, 0.25) is 0 Å². The normalized spacial score (nSPS) is 16.2. The van der Waals surface area contributed by atoms with Gasteiger partial charge in [0.1, 0.15) is 5.82 Å². The summed E-state index contributed by atoms with van der Waals surface area (Å²) >= 11 is 0. The fourth-order valence-corrected chi connectivity index (χ4v) is 3.39. The molecule has 1 aliphatic rings. The highest BCUT2D eigenvalue weighted by Gasteiger charge is 2.29. The van der Waals surface area contributed by atoms with Crippen LogP contribution >= 0.6 is 0 Å². The highest BCUT2D eigenvalue weighted by molar-refractivity contribution is 5.97. The zero-order chi connectivity index (χ0) is 21.0. The predicted octanol–water partition coefficient (Wildman–Crippen LogP) is 3.58. The molecule has 1 heterocycles. The lowest BCUT2D eigenvalue weighted by molar-refractivity contribution is -0.121. The second-order valence-corrected chi connectivity index (χ2v) is 7.32. The minimum absolute atomic E-state index is 0.00299. The summed E-state index contributed by atoms with van der Waals surface area (Å²) in [5.41, 5.74) is 2.06. The number of amides is 3. The van der Waals surface area contributed by atoms with Gasteiger partial charge >= 0.3 is 0 Å². The number of carbonyl (C=O) groups is 3. The number of anilines is 2. The van der Waals surface area contributed by atoms with Crippen molar-refractivity contribution in [2.75, 3.05) is 23.7 Å². The van der Waals surface area contributed by atoms with E-state index >= 15 is 0 Å². The highest BCUT2D eigenvalue weighted by Crippen LogP contribution is 2.24. The minimum Gasteiger partial charge on any atom is -0.338 e. The number of benzene rings is 2. The van der Waals surface area contributed by atoms with Gasteiger partial charge in [0.25, 0.3) is 5.91 Å². The Morgan fingerprint density at radius 1 is 1.07 bits per heavy atom. The molecule has 1 fully saturated rings. The Morgan fingerprint density at radius 2 is 1.79 bits per heavy atom. The number of nitrogens with zero attached hydrogens (tertiary/aromatic N) is 1. The van der Waals surface area contributed by atoms with Crippen molar-refractivity contribution in [1.82, 2.24) is 4.90 Å². The summed E-state index contributed by atoms with van der Waals surface area (Å²) in [6.45, 7) is 4.17. The number of halogens is 1. The van der Waals surface area contributed by atoms with E-state index in [1.165, 1.54) is 25.1 Å². The van der Waals surface area contributed by atoms with Crippen LogP contribution in [0.15, 0.2) is 42.5 Å². The molecule has 1 aliphatic heterocycles. The Balaban J connectivity index is 1.67. The van der Waals surface area contributed by atoms with Crippen molar-refractivity contribution in [3.8, 4) is 0 Å². The number of likely N-dealkylation sites (tertiary alicyclic amines) is 1. The standard InChI is InChI=1S/C22H24FN3O3/c1-14-5-7-16(8-6-14)22(29)26-11-3-4-17(13-26)21(28)25-20-12-18(24-15(2)27)9-10-19(20)23/h5-10,12,17H,3-4,11,13H2,1-2H3,(H,24,27)(H,25,28). The molecule has 0 radical (unpaired) electrons. The quantitative estimate of drug-likeness (QED) is 0.828. The Hall–Kier alpha value is -3.22. The molecule has 29 heavy (non-hydrogen) atoms. The molecule has 2 aromatic rings. The summed E-state index contributed by atoms with van der Waals surface area (Å²) in [5.74, 6) is -1.75. The molecule has 0 spiro atoms. The molecule has 2 aromatic carbocycles. The van der Waals surface area contributed by atoms with Gasteiger partial charge in [-0.3, -0.25) is 14.4 Å². The predicted molar refractivity (Wildman–Crippen MR) is 109 cm³/mol. The molecular formula is C22H24FN3O3. The van der Waals surface area contributed by atoms with Crippen molar-refractivity contribution in [1.29, 1.82) is 0 Å². The summed E-state index contributed by atoms with van der Waals surface area (Å²) in [4.78, 5) is 38.3. The van der Waals surface area contributed by atoms with Gasteiger partial charge in [0.2, 0.25) is 11.8 Å². The second kappa shape index (κ2) is 8.86. The molecule has 1 saturated heterocycles. The third-order valence-corrected chi connectivity index (χ3v) is 4.92. The van der Waals surface area contributed by atoms with Crippen molar-refractivity contribution >= 4 is 29.1 Å². The van der Waals surface area contributed by atoms with Gasteiger partial charge in [-0.25, -0.2) is 4.39 Å². The third kappa shape index (κ3) is 5.19. The summed E-state index contributed by atoms with van der Waals surface area (Å²) in [5, 5.41) is 5.16. The van der Waals surface area contributed by atoms with Gasteiger partial charge in [0.05, 0.1) is 11.6 Å². The van der Waals surface area contributed by atoms with E-state index in [4.69, 9.17) is 0 Å². The topological polar surface area (TPSA) is 78.5 Å². The van der Waals surface area contributed by atoms with Crippen LogP contribution in [0.25, 0.3) is 0 Å². The van der Waals surface area contributed by atoms with E-state index in [-0.39, 0.29) is 30.0 Å². The molecule has 3 amide bonds. The van der Waals surface area contributed by atoms with Gasteiger partial charge in [0, 0.05) is 31.3 Å². The van der Waals surface area contributed by atoms with Crippen LogP contribution in [0, 0.1) is 18.7 Å². The van der Waals surface area contributed by atoms with E-state index in [1.807, 2.05) is 19.1 Å². The Labute approximate surface area is 169 Å². The molecule has 0 bridgehead atoms. The lowest BCUT2D eigenvalue weighted by Crippen LogP contribution is -2.43. The van der Waals surface area contributed by atoms with Crippen LogP contribution in [-0.2, 0) is 9.59 Å². The Kier molecular flexibility index (Phi) is 6.26. The molecule has 0 aliphatic carbocycles. The van der Waals surface area contributed by atoms with Crippen LogP contribution < -0.4 is 10.6 Å². The van der Waals surface area contributed by atoms with Crippen LogP contribution in [0.1, 0.15) is 35.7 Å². The van der Waals surface area contributed by atoms with E-state index in [0.29, 0.717) is 30.6 Å². The molecule has 3 rings (SSSR count). The Bertz CT molecular complexity index is 927. The zero-order valence-corrected chi connectivity index (χ0v) is 16.5. The van der Waals surface area contributed by atoms with Gasteiger partial charge in [-0.15, -0.1) is 0 Å². The number of hydrogen-bond donors (Lipinski definition) is 2. The fraction of sp³-hybridized carbons (Fsp3) is 0.318. The highest BCUT2D eigenvalue weighted by atomic mass is 19.1. The van der Waals surface area contributed by atoms with Crippen molar-refractivity contribution in [3.05, 3.63) is 59.4 Å². The first-order valence-electron chi connectivity index (χ1n) is 9.57. The molecule has 152 valence electrons. The zero-order valence-electron chi connectivity index (χ0n) is 16.5. The maximum absolute atomic E-state index is 14.1. The van der Waals surface area contributed by atoms with Gasteiger partial charge in [-0.1, -0.05) is 17.7 Å². The first-order chi connectivity index (χ1) is 13.8. The molecule has 1 unspecified atom stereocenters. The third-order valence-electron chi connectivity index (χ3n) is 4.92. The van der Waals surface area contributed by atoms with E-state index in [2.05, 4.69) is 10.6 Å². The molecule has 1 atom stereocenters. The van der Waals surface area contributed by atoms with Crippen molar-refractivity contribution < 1.29 is 18.8 Å². The van der Waals surface area contributed by atoms with Crippen LogP contribution in [0.4, 0.5) is 15.8 Å².